The average Bonchev–Trinajstić information content (AvgIpc) is 2.25. The van der Waals surface area contributed by atoms with E-state index >= 15 is 0 Å². The molecule has 5 heteroatoms. The lowest BCUT2D eigenvalue weighted by Crippen LogP contribution is -2.32. The van der Waals surface area contributed by atoms with E-state index < -0.39 is 0 Å². The van der Waals surface area contributed by atoms with E-state index in [2.05, 4.69) is 5.32 Å². The van der Waals surface area contributed by atoms with Crippen LogP contribution in [0.2, 0.25) is 5.02 Å². The van der Waals surface area contributed by atoms with E-state index in [9.17, 15) is 4.79 Å². The van der Waals surface area contributed by atoms with Crippen molar-refractivity contribution in [1.29, 1.82) is 0 Å². The summed E-state index contributed by atoms with van der Waals surface area (Å²) in [5.41, 5.74) is 6.65. The molecule has 0 bridgehead atoms. The zero-order valence-electron chi connectivity index (χ0n) is 10.00. The molecule has 0 heterocycles. The minimum atomic E-state index is -0.132. The molecule has 1 atom stereocenters. The first kappa shape index (κ1) is 14.2. The summed E-state index contributed by atoms with van der Waals surface area (Å²) in [5, 5.41) is 3.40. The molecular weight excluding hydrogens is 256 g/mol. The smallest absolute Gasteiger partial charge is 0.251 e. The number of rotatable bonds is 5. The van der Waals surface area contributed by atoms with E-state index in [-0.39, 0.29) is 11.9 Å². The van der Waals surface area contributed by atoms with Gasteiger partial charge in [-0.2, -0.15) is 11.8 Å². The Labute approximate surface area is 111 Å². The second kappa shape index (κ2) is 6.77. The predicted octanol–water partition coefficient (Wildman–Crippen LogP) is 2.79. The molecule has 1 aromatic carbocycles. The van der Waals surface area contributed by atoms with E-state index in [0.29, 0.717) is 16.3 Å². The van der Waals surface area contributed by atoms with Crippen LogP contribution in [-0.4, -0.2) is 24.0 Å². The molecular formula is C12H17ClN2OS. The van der Waals surface area contributed by atoms with Gasteiger partial charge in [0.1, 0.15) is 0 Å². The van der Waals surface area contributed by atoms with Crippen LogP contribution in [0, 0.1) is 0 Å². The number of nitrogens with one attached hydrogen (secondary N) is 1. The molecule has 1 unspecified atom stereocenters. The second-order valence-corrected chi connectivity index (χ2v) is 5.35. The Morgan fingerprint density at radius 1 is 1.53 bits per heavy atom. The van der Waals surface area contributed by atoms with Crippen LogP contribution in [0.4, 0.5) is 5.69 Å². The normalized spacial score (nSPS) is 12.2. The number of hydrogen-bond donors (Lipinski definition) is 2. The number of benzene rings is 1. The van der Waals surface area contributed by atoms with Crippen LogP contribution in [0.25, 0.3) is 0 Å². The zero-order valence-corrected chi connectivity index (χ0v) is 11.6. The molecule has 1 aromatic rings. The van der Waals surface area contributed by atoms with Crippen molar-refractivity contribution in [2.24, 2.45) is 0 Å². The molecule has 0 spiro atoms. The van der Waals surface area contributed by atoms with Gasteiger partial charge >= 0.3 is 0 Å². The lowest BCUT2D eigenvalue weighted by Gasteiger charge is -2.13. The number of nitrogen functional groups attached to an aromatic ring is 1. The fraction of sp³-hybridized carbons (Fsp3) is 0.417. The van der Waals surface area contributed by atoms with Gasteiger partial charge in [-0.3, -0.25) is 4.79 Å². The van der Waals surface area contributed by atoms with Gasteiger partial charge in [0.15, 0.2) is 0 Å². The molecule has 0 aliphatic rings. The van der Waals surface area contributed by atoms with Crippen molar-refractivity contribution in [3.05, 3.63) is 28.8 Å². The summed E-state index contributed by atoms with van der Waals surface area (Å²) in [6.07, 6.45) is 3.00. The Morgan fingerprint density at radius 3 is 2.82 bits per heavy atom. The van der Waals surface area contributed by atoms with Gasteiger partial charge in [0, 0.05) is 22.3 Å². The molecule has 0 aliphatic heterocycles. The highest BCUT2D eigenvalue weighted by Crippen LogP contribution is 2.16. The van der Waals surface area contributed by atoms with Crippen LogP contribution < -0.4 is 11.1 Å². The Bertz CT molecular complexity index is 378. The van der Waals surface area contributed by atoms with Gasteiger partial charge in [0.2, 0.25) is 0 Å². The van der Waals surface area contributed by atoms with Gasteiger partial charge in [-0.15, -0.1) is 0 Å². The molecule has 1 rings (SSSR count). The Balaban J connectivity index is 2.63. The van der Waals surface area contributed by atoms with Crippen molar-refractivity contribution in [3.8, 4) is 0 Å². The van der Waals surface area contributed by atoms with Crippen LogP contribution in [0.3, 0.4) is 0 Å². The van der Waals surface area contributed by atoms with Gasteiger partial charge in [-0.05, 0) is 43.6 Å². The van der Waals surface area contributed by atoms with Gasteiger partial charge in [0.05, 0.1) is 0 Å². The first-order chi connectivity index (χ1) is 8.02. The summed E-state index contributed by atoms with van der Waals surface area (Å²) >= 11 is 7.62. The van der Waals surface area contributed by atoms with Crippen molar-refractivity contribution in [2.45, 2.75) is 19.4 Å². The van der Waals surface area contributed by atoms with Crippen molar-refractivity contribution in [1.82, 2.24) is 5.32 Å². The van der Waals surface area contributed by atoms with Crippen molar-refractivity contribution < 1.29 is 4.79 Å². The number of nitrogens with two attached hydrogens (primary N) is 1. The topological polar surface area (TPSA) is 55.1 Å². The van der Waals surface area contributed by atoms with Crippen LogP contribution >= 0.6 is 23.4 Å². The standard InChI is InChI=1S/C12H17ClN2OS/c1-8(3-4-17-2)15-12(16)9-5-10(13)7-11(14)6-9/h5-8H,3-4,14H2,1-2H3,(H,15,16). The van der Waals surface area contributed by atoms with Crippen LogP contribution in [0.1, 0.15) is 23.7 Å². The largest absolute Gasteiger partial charge is 0.399 e. The molecule has 0 fully saturated rings. The SMILES string of the molecule is CSCCC(C)NC(=O)c1cc(N)cc(Cl)c1. The molecule has 0 saturated heterocycles. The highest BCUT2D eigenvalue weighted by atomic mass is 35.5. The Hall–Kier alpha value is -0.870. The highest BCUT2D eigenvalue weighted by Gasteiger charge is 2.10. The van der Waals surface area contributed by atoms with Gasteiger partial charge in [0.25, 0.3) is 5.91 Å². The number of hydrogen-bond acceptors (Lipinski definition) is 3. The molecule has 0 saturated carbocycles. The van der Waals surface area contributed by atoms with Crippen LogP contribution in [0.5, 0.6) is 0 Å². The molecule has 17 heavy (non-hydrogen) atoms. The molecule has 0 aromatic heterocycles. The lowest BCUT2D eigenvalue weighted by atomic mass is 10.1. The fourth-order valence-electron chi connectivity index (χ4n) is 1.42. The van der Waals surface area contributed by atoms with Crippen molar-refractivity contribution in [2.75, 3.05) is 17.7 Å². The number of anilines is 1. The third-order valence-corrected chi connectivity index (χ3v) is 3.18. The maximum Gasteiger partial charge on any atom is 0.251 e. The van der Waals surface area contributed by atoms with E-state index in [1.165, 1.54) is 0 Å². The minimum absolute atomic E-state index is 0.132. The molecule has 0 aliphatic carbocycles. The van der Waals surface area contributed by atoms with E-state index in [4.69, 9.17) is 17.3 Å². The van der Waals surface area contributed by atoms with E-state index in [0.717, 1.165) is 12.2 Å². The minimum Gasteiger partial charge on any atom is -0.399 e. The Morgan fingerprint density at radius 2 is 2.24 bits per heavy atom. The molecule has 3 N–H and O–H groups in total. The summed E-state index contributed by atoms with van der Waals surface area (Å²) < 4.78 is 0. The van der Waals surface area contributed by atoms with E-state index in [1.807, 2.05) is 13.2 Å². The molecule has 1 amide bonds. The average molecular weight is 273 g/mol. The third-order valence-electron chi connectivity index (χ3n) is 2.31. The zero-order chi connectivity index (χ0) is 12.8. The third kappa shape index (κ3) is 4.88. The Kier molecular flexibility index (Phi) is 5.65. The molecule has 94 valence electrons. The number of halogens is 1. The monoisotopic (exact) mass is 272 g/mol. The van der Waals surface area contributed by atoms with Gasteiger partial charge < -0.3 is 11.1 Å². The second-order valence-electron chi connectivity index (χ2n) is 3.93. The van der Waals surface area contributed by atoms with E-state index in [1.54, 1.807) is 30.0 Å². The quantitative estimate of drug-likeness (QED) is 0.811. The number of carbonyl (C=O) groups excluding carboxylic acids is 1. The summed E-state index contributed by atoms with van der Waals surface area (Å²) in [6.45, 7) is 1.99. The maximum atomic E-state index is 11.9. The van der Waals surface area contributed by atoms with Crippen molar-refractivity contribution in [3.63, 3.8) is 0 Å². The first-order valence-corrected chi connectivity index (χ1v) is 7.16. The molecule has 0 radical (unpaired) electrons. The fourth-order valence-corrected chi connectivity index (χ4v) is 2.25. The van der Waals surface area contributed by atoms with Crippen LogP contribution in [-0.2, 0) is 0 Å². The van der Waals surface area contributed by atoms with Gasteiger partial charge in [-0.1, -0.05) is 11.6 Å². The maximum absolute atomic E-state index is 11.9. The van der Waals surface area contributed by atoms with Gasteiger partial charge in [-0.25, -0.2) is 0 Å². The summed E-state index contributed by atoms with van der Waals surface area (Å²) in [5.74, 6) is 0.895. The number of amides is 1. The summed E-state index contributed by atoms with van der Waals surface area (Å²) in [7, 11) is 0. The summed E-state index contributed by atoms with van der Waals surface area (Å²) in [4.78, 5) is 11.9. The van der Waals surface area contributed by atoms with Crippen molar-refractivity contribution >= 4 is 35.0 Å². The predicted molar refractivity (Wildman–Crippen MR) is 75.8 cm³/mol. The number of thioether (sulfide) groups is 1. The highest BCUT2D eigenvalue weighted by molar-refractivity contribution is 7.98. The summed E-state index contributed by atoms with van der Waals surface area (Å²) in [6, 6.07) is 5.02. The first-order valence-electron chi connectivity index (χ1n) is 5.39. The lowest BCUT2D eigenvalue weighted by molar-refractivity contribution is 0.0939. The number of carbonyl (C=O) groups is 1. The van der Waals surface area contributed by atoms with Crippen LogP contribution in [0.15, 0.2) is 18.2 Å². The molecule has 3 nitrogen and oxygen atoms in total.